The van der Waals surface area contributed by atoms with Crippen LogP contribution < -0.4 is 15.5 Å². The van der Waals surface area contributed by atoms with Crippen LogP contribution in [0.3, 0.4) is 0 Å². The molecule has 4 rings (SSSR count). The van der Waals surface area contributed by atoms with E-state index in [1.165, 1.54) is 22.3 Å². The van der Waals surface area contributed by atoms with Gasteiger partial charge in [-0.2, -0.15) is 4.31 Å². The zero-order chi connectivity index (χ0) is 22.0. The third kappa shape index (κ3) is 4.69. The average Bonchev–Trinajstić information content (AvgIpc) is 3.38. The number of carbonyl (C=O) groups excluding carboxylic acids is 2. The summed E-state index contributed by atoms with van der Waals surface area (Å²) in [7, 11) is -4.05. The van der Waals surface area contributed by atoms with E-state index in [4.69, 9.17) is 4.74 Å². The van der Waals surface area contributed by atoms with E-state index < -0.39 is 26.6 Å². The fourth-order valence-corrected chi connectivity index (χ4v) is 5.58. The van der Waals surface area contributed by atoms with Crippen molar-refractivity contribution in [3.8, 4) is 0 Å². The van der Waals surface area contributed by atoms with Gasteiger partial charge in [0.05, 0.1) is 25.3 Å². The van der Waals surface area contributed by atoms with Crippen LogP contribution in [0.15, 0.2) is 28.5 Å². The van der Waals surface area contributed by atoms with Crippen molar-refractivity contribution in [3.05, 3.63) is 35.1 Å². The standard InChI is InChI=1S/C18H20FN5O5S2/c19-14-2-1-12(9-15(14)31(27,28)23-5-7-29-8-6-23)21-16(25)10-13-11-30-18(22-13)24-4-3-20-17(24)26/h1-2,9,11H,3-8,10H2,(H,20,26)(H,21,25). The Morgan fingerprint density at radius 1 is 1.29 bits per heavy atom. The van der Waals surface area contributed by atoms with Crippen LogP contribution in [0.2, 0.25) is 0 Å². The van der Waals surface area contributed by atoms with Crippen molar-refractivity contribution in [2.45, 2.75) is 11.3 Å². The Bertz CT molecular complexity index is 1100. The summed E-state index contributed by atoms with van der Waals surface area (Å²) < 4.78 is 46.1. The molecule has 0 unspecified atom stereocenters. The van der Waals surface area contributed by atoms with Gasteiger partial charge < -0.3 is 15.4 Å². The number of ether oxygens (including phenoxy) is 1. The van der Waals surface area contributed by atoms with Gasteiger partial charge in [-0.05, 0) is 18.2 Å². The number of nitrogens with zero attached hydrogens (tertiary/aromatic N) is 3. The number of benzene rings is 1. The van der Waals surface area contributed by atoms with Crippen molar-refractivity contribution in [3.63, 3.8) is 0 Å². The molecule has 3 heterocycles. The first-order valence-corrected chi connectivity index (χ1v) is 11.8. The smallest absolute Gasteiger partial charge is 0.323 e. The summed E-state index contributed by atoms with van der Waals surface area (Å²) in [6.07, 6.45) is -0.0745. The monoisotopic (exact) mass is 469 g/mol. The van der Waals surface area contributed by atoms with Crippen LogP contribution in [-0.4, -0.2) is 69.0 Å². The minimum atomic E-state index is -4.05. The molecule has 2 aliphatic rings. The molecule has 1 aromatic heterocycles. The third-order valence-corrected chi connectivity index (χ3v) is 7.60. The van der Waals surface area contributed by atoms with Crippen LogP contribution in [-0.2, 0) is 26.0 Å². The van der Waals surface area contributed by atoms with Crippen LogP contribution in [0, 0.1) is 5.82 Å². The molecule has 2 fully saturated rings. The molecule has 0 aliphatic carbocycles. The maximum Gasteiger partial charge on any atom is 0.323 e. The number of aromatic nitrogens is 1. The Labute approximate surface area is 182 Å². The fraction of sp³-hybridized carbons (Fsp3) is 0.389. The lowest BCUT2D eigenvalue weighted by molar-refractivity contribution is -0.115. The molecule has 10 nitrogen and oxygen atoms in total. The number of nitrogens with one attached hydrogen (secondary N) is 2. The second kappa shape index (κ2) is 8.86. The Kier molecular flexibility index (Phi) is 6.18. The SMILES string of the molecule is O=C(Cc1csc(N2CCNC2=O)n1)Nc1ccc(F)c(S(=O)(=O)N2CCOCC2)c1. The summed E-state index contributed by atoms with van der Waals surface area (Å²) in [4.78, 5) is 29.4. The summed E-state index contributed by atoms with van der Waals surface area (Å²) in [6.45, 7) is 1.81. The number of halogens is 1. The summed E-state index contributed by atoms with van der Waals surface area (Å²) in [6, 6.07) is 3.19. The lowest BCUT2D eigenvalue weighted by atomic mass is 10.2. The number of sulfonamides is 1. The molecule has 0 bridgehead atoms. The fourth-order valence-electron chi connectivity index (χ4n) is 3.23. The average molecular weight is 470 g/mol. The molecule has 0 radical (unpaired) electrons. The van der Waals surface area contributed by atoms with E-state index in [0.29, 0.717) is 23.9 Å². The Morgan fingerprint density at radius 2 is 2.06 bits per heavy atom. The van der Waals surface area contributed by atoms with Gasteiger partial charge in [-0.15, -0.1) is 11.3 Å². The van der Waals surface area contributed by atoms with E-state index in [-0.39, 0.29) is 44.4 Å². The zero-order valence-corrected chi connectivity index (χ0v) is 18.0. The minimum absolute atomic E-state index is 0.0745. The molecule has 2 N–H and O–H groups in total. The van der Waals surface area contributed by atoms with Crippen LogP contribution in [0.1, 0.15) is 5.69 Å². The second-order valence-electron chi connectivity index (χ2n) is 6.89. The first-order chi connectivity index (χ1) is 14.8. The molecule has 31 heavy (non-hydrogen) atoms. The van der Waals surface area contributed by atoms with E-state index in [1.807, 2.05) is 0 Å². The molecule has 1 aromatic carbocycles. The van der Waals surface area contributed by atoms with Gasteiger partial charge in [-0.1, -0.05) is 0 Å². The molecular weight excluding hydrogens is 449 g/mol. The number of rotatable bonds is 6. The van der Waals surface area contributed by atoms with Crippen LogP contribution >= 0.6 is 11.3 Å². The van der Waals surface area contributed by atoms with E-state index in [0.717, 1.165) is 16.4 Å². The number of carbonyl (C=O) groups is 2. The lowest BCUT2D eigenvalue weighted by Gasteiger charge is -2.26. The highest BCUT2D eigenvalue weighted by molar-refractivity contribution is 7.89. The molecule has 0 atom stereocenters. The number of morpholine rings is 1. The van der Waals surface area contributed by atoms with Gasteiger partial charge >= 0.3 is 6.03 Å². The number of hydrogen-bond donors (Lipinski definition) is 2. The molecule has 0 spiro atoms. The molecule has 3 amide bonds. The number of hydrogen-bond acceptors (Lipinski definition) is 7. The number of anilines is 2. The van der Waals surface area contributed by atoms with E-state index in [2.05, 4.69) is 15.6 Å². The molecule has 2 saturated heterocycles. The first-order valence-electron chi connectivity index (χ1n) is 9.51. The summed E-state index contributed by atoms with van der Waals surface area (Å²) in [5.74, 6) is -1.33. The Hall–Kier alpha value is -2.61. The summed E-state index contributed by atoms with van der Waals surface area (Å²) in [5.41, 5.74) is 0.632. The maximum atomic E-state index is 14.3. The third-order valence-electron chi connectivity index (χ3n) is 4.77. The van der Waals surface area contributed by atoms with Gasteiger partial charge in [-0.3, -0.25) is 9.69 Å². The highest BCUT2D eigenvalue weighted by atomic mass is 32.2. The molecule has 2 aromatic rings. The molecule has 13 heteroatoms. The second-order valence-corrected chi connectivity index (χ2v) is 9.63. The van der Waals surface area contributed by atoms with Crippen molar-refractivity contribution >= 4 is 44.1 Å². The van der Waals surface area contributed by atoms with Crippen molar-refractivity contribution < 1.29 is 27.1 Å². The highest BCUT2D eigenvalue weighted by Gasteiger charge is 2.29. The van der Waals surface area contributed by atoms with E-state index in [9.17, 15) is 22.4 Å². The largest absolute Gasteiger partial charge is 0.379 e. The van der Waals surface area contributed by atoms with Gasteiger partial charge in [-0.25, -0.2) is 22.6 Å². The van der Waals surface area contributed by atoms with Crippen LogP contribution in [0.25, 0.3) is 0 Å². The van der Waals surface area contributed by atoms with Crippen molar-refractivity contribution in [2.75, 3.05) is 49.6 Å². The van der Waals surface area contributed by atoms with Gasteiger partial charge in [0.1, 0.15) is 10.7 Å². The topological polar surface area (TPSA) is 121 Å². The predicted molar refractivity (Wildman–Crippen MR) is 111 cm³/mol. The zero-order valence-electron chi connectivity index (χ0n) is 16.3. The number of thiazole rings is 1. The van der Waals surface area contributed by atoms with Gasteiger partial charge in [0.25, 0.3) is 0 Å². The molecule has 2 aliphatic heterocycles. The van der Waals surface area contributed by atoms with Gasteiger partial charge in [0.15, 0.2) is 5.13 Å². The Balaban J connectivity index is 1.45. The summed E-state index contributed by atoms with van der Waals surface area (Å²) in [5, 5.41) is 7.44. The maximum absolute atomic E-state index is 14.3. The van der Waals surface area contributed by atoms with Gasteiger partial charge in [0, 0.05) is 37.2 Å². The van der Waals surface area contributed by atoms with Crippen molar-refractivity contribution in [1.29, 1.82) is 0 Å². The summed E-state index contributed by atoms with van der Waals surface area (Å²) >= 11 is 1.25. The number of amides is 3. The Morgan fingerprint density at radius 3 is 2.77 bits per heavy atom. The van der Waals surface area contributed by atoms with E-state index in [1.54, 1.807) is 5.38 Å². The molecular formula is C18H20FN5O5S2. The van der Waals surface area contributed by atoms with Crippen molar-refractivity contribution in [2.24, 2.45) is 0 Å². The predicted octanol–water partition coefficient (Wildman–Crippen LogP) is 1.01. The van der Waals surface area contributed by atoms with Crippen LogP contribution in [0.5, 0.6) is 0 Å². The normalized spacial score (nSPS) is 17.6. The van der Waals surface area contributed by atoms with Crippen molar-refractivity contribution in [1.82, 2.24) is 14.6 Å². The molecule has 166 valence electrons. The molecule has 0 saturated carbocycles. The quantitative estimate of drug-likeness (QED) is 0.652. The van der Waals surface area contributed by atoms with Crippen LogP contribution in [0.4, 0.5) is 20.0 Å². The lowest BCUT2D eigenvalue weighted by Crippen LogP contribution is -2.40. The number of urea groups is 1. The first kappa shape index (κ1) is 21.6. The van der Waals surface area contributed by atoms with Gasteiger partial charge in [0.2, 0.25) is 15.9 Å². The van der Waals surface area contributed by atoms with E-state index >= 15 is 0 Å². The minimum Gasteiger partial charge on any atom is -0.379 e. The highest BCUT2D eigenvalue weighted by Crippen LogP contribution is 2.25.